The van der Waals surface area contributed by atoms with Crippen LogP contribution in [0.5, 0.6) is 0 Å². The zero-order valence-corrected chi connectivity index (χ0v) is 6.38. The van der Waals surface area contributed by atoms with Crippen LogP contribution < -0.4 is 0 Å². The summed E-state index contributed by atoms with van der Waals surface area (Å²) in [5, 5.41) is 21.3. The van der Waals surface area contributed by atoms with Gasteiger partial charge >= 0.3 is 0 Å². The first kappa shape index (κ1) is 7.53. The highest BCUT2D eigenvalue weighted by Gasteiger charge is 2.07. The van der Waals surface area contributed by atoms with Gasteiger partial charge in [0.25, 0.3) is 5.69 Å². The molecule has 0 N–H and O–H groups in total. The predicted octanol–water partition coefficient (Wildman–Crippen LogP) is 1.29. The Morgan fingerprint density at radius 3 is 2.92 bits per heavy atom. The van der Waals surface area contributed by atoms with Crippen LogP contribution in [0.3, 0.4) is 0 Å². The van der Waals surface area contributed by atoms with Crippen LogP contribution in [0.1, 0.15) is 0 Å². The third kappa shape index (κ3) is 1.08. The van der Waals surface area contributed by atoms with E-state index in [0.29, 0.717) is 10.2 Å². The van der Waals surface area contributed by atoms with Gasteiger partial charge in [-0.3, -0.25) is 10.1 Å². The van der Waals surface area contributed by atoms with Gasteiger partial charge in [-0.2, -0.15) is 0 Å². The Morgan fingerprint density at radius 1 is 1.46 bits per heavy atom. The number of nitro benzene ring substituents is 1. The predicted molar refractivity (Wildman–Crippen MR) is 45.2 cm³/mol. The molecule has 1 heterocycles. The maximum Gasteiger partial charge on any atom is 0.271 e. The van der Waals surface area contributed by atoms with E-state index in [2.05, 4.69) is 4.98 Å². The van der Waals surface area contributed by atoms with Gasteiger partial charge in [-0.05, 0) is 6.07 Å². The van der Waals surface area contributed by atoms with Gasteiger partial charge < -0.3 is 9.94 Å². The van der Waals surface area contributed by atoms with E-state index >= 15 is 0 Å². The van der Waals surface area contributed by atoms with Crippen molar-refractivity contribution in [2.75, 3.05) is 0 Å². The maximum atomic E-state index is 11.0. The quantitative estimate of drug-likeness (QED) is 0.486. The van der Waals surface area contributed by atoms with Crippen LogP contribution in [-0.4, -0.2) is 14.6 Å². The van der Waals surface area contributed by atoms with Crippen LogP contribution in [0.25, 0.3) is 11.0 Å². The second-order valence-corrected chi connectivity index (χ2v) is 2.50. The van der Waals surface area contributed by atoms with Crippen molar-refractivity contribution >= 4 is 16.7 Å². The summed E-state index contributed by atoms with van der Waals surface area (Å²) in [5.41, 5.74) is 0.569. The van der Waals surface area contributed by atoms with Crippen LogP contribution in [0, 0.1) is 15.3 Å². The van der Waals surface area contributed by atoms with Crippen molar-refractivity contribution in [3.8, 4) is 0 Å². The van der Waals surface area contributed by atoms with Gasteiger partial charge in [0, 0.05) is 12.1 Å². The highest BCUT2D eigenvalue weighted by molar-refractivity contribution is 5.78. The molecule has 1 aromatic carbocycles. The summed E-state index contributed by atoms with van der Waals surface area (Å²) < 4.78 is 0.502. The Kier molecular flexibility index (Phi) is 1.42. The molecular weight excluding hydrogens is 174 g/mol. The number of hydrogen-bond acceptors (Lipinski definition) is 4. The molecule has 0 saturated heterocycles. The lowest BCUT2D eigenvalue weighted by molar-refractivity contribution is -0.384. The molecule has 0 fully saturated rings. The van der Waals surface area contributed by atoms with Gasteiger partial charge in [-0.25, -0.2) is 4.98 Å². The molecule has 0 amide bonds. The minimum Gasteiger partial charge on any atom is -0.805 e. The van der Waals surface area contributed by atoms with Gasteiger partial charge in [-0.1, -0.05) is 0 Å². The number of hydrogen-bond donors (Lipinski definition) is 0. The van der Waals surface area contributed by atoms with Crippen molar-refractivity contribution in [1.82, 2.24) is 9.71 Å². The molecule has 1 aromatic heterocycles. The Labute approximate surface area is 72.2 Å². The summed E-state index contributed by atoms with van der Waals surface area (Å²) in [6.07, 6.45) is 1.08. The van der Waals surface area contributed by atoms with Gasteiger partial charge in [0.1, 0.15) is 0 Å². The standard InChI is InChI=1S/C7H4N3O3/c11-9-4-8-6-2-1-5(10(12)13)3-7(6)9/h1-4H/q-1. The molecule has 0 spiro atoms. The van der Waals surface area contributed by atoms with Gasteiger partial charge in [0.2, 0.25) is 0 Å². The first-order chi connectivity index (χ1) is 6.18. The summed E-state index contributed by atoms with van der Waals surface area (Å²) in [6.45, 7) is 0. The lowest BCUT2D eigenvalue weighted by atomic mass is 10.3. The largest absolute Gasteiger partial charge is 0.805 e. The number of fused-ring (bicyclic) bond motifs is 1. The molecule has 0 radical (unpaired) electrons. The molecule has 0 aliphatic heterocycles. The number of nitrogens with zero attached hydrogens (tertiary/aromatic N) is 3. The molecule has 0 bridgehead atoms. The van der Waals surface area contributed by atoms with Crippen LogP contribution in [0.2, 0.25) is 0 Å². The summed E-state index contributed by atoms with van der Waals surface area (Å²) in [6, 6.07) is 3.96. The van der Waals surface area contributed by atoms with Gasteiger partial charge in [-0.15, -0.1) is 0 Å². The van der Waals surface area contributed by atoms with Gasteiger partial charge in [0.15, 0.2) is 0 Å². The Hall–Kier alpha value is -2.11. The average Bonchev–Trinajstić information content (AvgIpc) is 2.47. The highest BCUT2D eigenvalue weighted by Crippen LogP contribution is 2.18. The van der Waals surface area contributed by atoms with Gasteiger partial charge in [0.05, 0.1) is 22.3 Å². The second kappa shape index (κ2) is 2.44. The van der Waals surface area contributed by atoms with E-state index in [1.807, 2.05) is 0 Å². The van der Waals surface area contributed by atoms with E-state index in [-0.39, 0.29) is 11.2 Å². The van der Waals surface area contributed by atoms with Crippen molar-refractivity contribution in [3.63, 3.8) is 0 Å². The van der Waals surface area contributed by atoms with E-state index in [4.69, 9.17) is 0 Å². The Bertz CT molecular complexity index is 477. The molecule has 0 atom stereocenters. The molecule has 2 rings (SSSR count). The first-order valence-electron chi connectivity index (χ1n) is 3.47. The van der Waals surface area contributed by atoms with Crippen molar-refractivity contribution in [2.45, 2.75) is 0 Å². The van der Waals surface area contributed by atoms with Crippen molar-refractivity contribution < 1.29 is 4.92 Å². The monoisotopic (exact) mass is 178 g/mol. The third-order valence-electron chi connectivity index (χ3n) is 1.71. The zero-order valence-electron chi connectivity index (χ0n) is 6.38. The van der Waals surface area contributed by atoms with Crippen LogP contribution in [-0.2, 0) is 0 Å². The Morgan fingerprint density at radius 2 is 2.23 bits per heavy atom. The summed E-state index contributed by atoms with van der Waals surface area (Å²) in [5.74, 6) is 0. The number of non-ortho nitro benzene ring substituents is 1. The maximum absolute atomic E-state index is 11.0. The molecule has 0 saturated carbocycles. The normalized spacial score (nSPS) is 10.5. The SMILES string of the molecule is O=[N+]([O-])c1ccc2ncn([O-])c2c1. The van der Waals surface area contributed by atoms with E-state index in [0.717, 1.165) is 6.33 Å². The van der Waals surface area contributed by atoms with Crippen molar-refractivity contribution in [1.29, 1.82) is 0 Å². The fourth-order valence-electron chi connectivity index (χ4n) is 1.09. The second-order valence-electron chi connectivity index (χ2n) is 2.50. The molecule has 0 unspecified atom stereocenters. The van der Waals surface area contributed by atoms with Crippen LogP contribution in [0.15, 0.2) is 24.5 Å². The van der Waals surface area contributed by atoms with Crippen molar-refractivity contribution in [2.24, 2.45) is 0 Å². The van der Waals surface area contributed by atoms with Crippen LogP contribution in [0.4, 0.5) is 5.69 Å². The number of imidazole rings is 1. The number of rotatable bonds is 1. The molecule has 13 heavy (non-hydrogen) atoms. The minimum atomic E-state index is -0.549. The fourth-order valence-corrected chi connectivity index (χ4v) is 1.09. The van der Waals surface area contributed by atoms with E-state index < -0.39 is 4.92 Å². The molecule has 2 aromatic rings. The minimum absolute atomic E-state index is 0.106. The molecule has 0 aliphatic carbocycles. The first-order valence-corrected chi connectivity index (χ1v) is 3.47. The summed E-state index contributed by atoms with van der Waals surface area (Å²) >= 11 is 0. The molecule has 6 nitrogen and oxygen atoms in total. The average molecular weight is 178 g/mol. The lowest BCUT2D eigenvalue weighted by Gasteiger charge is -2.04. The Balaban J connectivity index is 2.72. The molecule has 6 heteroatoms. The number of benzene rings is 1. The molecule has 0 aliphatic rings. The van der Waals surface area contributed by atoms with E-state index in [9.17, 15) is 15.3 Å². The number of aromatic nitrogens is 2. The third-order valence-corrected chi connectivity index (χ3v) is 1.71. The van der Waals surface area contributed by atoms with Crippen LogP contribution >= 0.6 is 0 Å². The molecular formula is C7H4N3O3-. The fraction of sp³-hybridized carbons (Fsp3) is 0. The summed E-state index contributed by atoms with van der Waals surface area (Å²) in [4.78, 5) is 13.5. The lowest BCUT2D eigenvalue weighted by Crippen LogP contribution is -1.88. The highest BCUT2D eigenvalue weighted by atomic mass is 16.6. The molecule has 66 valence electrons. The summed E-state index contributed by atoms with van der Waals surface area (Å²) in [7, 11) is 0. The smallest absolute Gasteiger partial charge is 0.271 e. The topological polar surface area (TPSA) is 84.0 Å². The van der Waals surface area contributed by atoms with E-state index in [1.54, 1.807) is 0 Å². The number of nitro groups is 1. The van der Waals surface area contributed by atoms with E-state index in [1.165, 1.54) is 18.2 Å². The zero-order chi connectivity index (χ0) is 9.42. The van der Waals surface area contributed by atoms with Crippen molar-refractivity contribution in [3.05, 3.63) is 39.8 Å².